The maximum atomic E-state index is 13.3. The SMILES string of the molecule is CC(C)(C)OC(=O)N(CCn1nccc1NC(c1ccccc1)(c1ccccc1)c1ccccc1)c1ccc([N+](=O)[O-])cn1. The average molecular weight is 591 g/mol. The number of hydrogen-bond acceptors (Lipinski definition) is 7. The Hall–Kier alpha value is -5.51. The molecule has 10 nitrogen and oxygen atoms in total. The summed E-state index contributed by atoms with van der Waals surface area (Å²) in [6, 6.07) is 35.3. The first kappa shape index (κ1) is 30.0. The van der Waals surface area contributed by atoms with E-state index in [1.165, 1.54) is 17.0 Å². The molecule has 1 amide bonds. The lowest BCUT2D eigenvalue weighted by molar-refractivity contribution is -0.385. The van der Waals surface area contributed by atoms with Gasteiger partial charge in [-0.15, -0.1) is 0 Å². The van der Waals surface area contributed by atoms with Crippen LogP contribution in [0.4, 0.5) is 22.1 Å². The van der Waals surface area contributed by atoms with Crippen molar-refractivity contribution in [1.29, 1.82) is 0 Å². The minimum Gasteiger partial charge on any atom is -0.443 e. The van der Waals surface area contributed by atoms with Crippen molar-refractivity contribution in [2.75, 3.05) is 16.8 Å². The average Bonchev–Trinajstić information content (AvgIpc) is 3.47. The Morgan fingerprint density at radius 1 is 0.864 bits per heavy atom. The molecule has 0 spiro atoms. The van der Waals surface area contributed by atoms with Crippen LogP contribution in [0.15, 0.2) is 122 Å². The zero-order chi connectivity index (χ0) is 31.2. The Kier molecular flexibility index (Phi) is 8.71. The molecule has 1 N–H and O–H groups in total. The summed E-state index contributed by atoms with van der Waals surface area (Å²) in [7, 11) is 0. The molecule has 0 radical (unpaired) electrons. The third-order valence-electron chi connectivity index (χ3n) is 7.02. The first-order chi connectivity index (χ1) is 21.2. The van der Waals surface area contributed by atoms with E-state index in [1.807, 2.05) is 60.7 Å². The van der Waals surface area contributed by atoms with E-state index in [1.54, 1.807) is 31.6 Å². The summed E-state index contributed by atoms with van der Waals surface area (Å²) in [6.07, 6.45) is 2.21. The van der Waals surface area contributed by atoms with Crippen molar-refractivity contribution in [3.8, 4) is 0 Å². The van der Waals surface area contributed by atoms with Gasteiger partial charge in [0.25, 0.3) is 5.69 Å². The molecule has 0 aliphatic carbocycles. The van der Waals surface area contributed by atoms with Gasteiger partial charge in [0.15, 0.2) is 0 Å². The van der Waals surface area contributed by atoms with Gasteiger partial charge in [0, 0.05) is 12.1 Å². The number of benzene rings is 3. The molecule has 0 aliphatic heterocycles. The molecule has 0 fully saturated rings. The van der Waals surface area contributed by atoms with Crippen LogP contribution >= 0.6 is 0 Å². The Bertz CT molecular complexity index is 1590. The lowest BCUT2D eigenvalue weighted by Crippen LogP contribution is -2.40. The molecule has 5 aromatic rings. The van der Waals surface area contributed by atoms with Gasteiger partial charge in [0.1, 0.15) is 29.0 Å². The first-order valence-electron chi connectivity index (χ1n) is 14.2. The van der Waals surface area contributed by atoms with Gasteiger partial charge in [-0.1, -0.05) is 91.0 Å². The highest BCUT2D eigenvalue weighted by atomic mass is 16.6. The third kappa shape index (κ3) is 6.59. The van der Waals surface area contributed by atoms with E-state index in [2.05, 4.69) is 51.8 Å². The standard InChI is InChI=1S/C34H34N6O4/c1-33(2,3)44-32(41)38(30-20-19-29(25-35-30)40(42)43)23-24-39-31(21-22-36-39)37-34(26-13-7-4-8-14-26,27-15-9-5-10-16-27)28-17-11-6-12-18-28/h4-22,25,37H,23-24H2,1-3H3. The number of nitrogens with zero attached hydrogens (tertiary/aromatic N) is 5. The van der Waals surface area contributed by atoms with Gasteiger partial charge in [0.2, 0.25) is 0 Å². The van der Waals surface area contributed by atoms with Crippen molar-refractivity contribution >= 4 is 23.4 Å². The topological polar surface area (TPSA) is 115 Å². The van der Waals surface area contributed by atoms with E-state index >= 15 is 0 Å². The summed E-state index contributed by atoms with van der Waals surface area (Å²) in [5.74, 6) is 0.959. The van der Waals surface area contributed by atoms with E-state index < -0.39 is 22.2 Å². The van der Waals surface area contributed by atoms with Crippen LogP contribution in [0.5, 0.6) is 0 Å². The van der Waals surface area contributed by atoms with Crippen LogP contribution in [0.1, 0.15) is 37.5 Å². The zero-order valence-corrected chi connectivity index (χ0v) is 24.8. The van der Waals surface area contributed by atoms with Gasteiger partial charge in [-0.05, 0) is 43.5 Å². The van der Waals surface area contributed by atoms with Crippen molar-refractivity contribution in [1.82, 2.24) is 14.8 Å². The predicted octanol–water partition coefficient (Wildman–Crippen LogP) is 7.03. The minimum absolute atomic E-state index is 0.144. The van der Waals surface area contributed by atoms with Crippen LogP contribution < -0.4 is 10.2 Å². The maximum Gasteiger partial charge on any atom is 0.416 e. The fourth-order valence-corrected chi connectivity index (χ4v) is 5.05. The number of carbonyl (C=O) groups excluding carboxylic acids is 1. The molecular weight excluding hydrogens is 556 g/mol. The Balaban J connectivity index is 1.52. The van der Waals surface area contributed by atoms with Gasteiger partial charge < -0.3 is 10.1 Å². The molecule has 0 saturated carbocycles. The van der Waals surface area contributed by atoms with Crippen molar-refractivity contribution in [3.05, 3.63) is 148 Å². The molecule has 5 rings (SSSR count). The smallest absolute Gasteiger partial charge is 0.416 e. The van der Waals surface area contributed by atoms with E-state index in [4.69, 9.17) is 4.74 Å². The van der Waals surface area contributed by atoms with Crippen molar-refractivity contribution in [3.63, 3.8) is 0 Å². The van der Waals surface area contributed by atoms with Crippen molar-refractivity contribution in [2.24, 2.45) is 0 Å². The van der Waals surface area contributed by atoms with Crippen LogP contribution in [-0.2, 0) is 16.8 Å². The molecule has 2 heterocycles. The molecule has 0 unspecified atom stereocenters. The molecule has 0 aliphatic rings. The Labute approximate surface area is 256 Å². The molecule has 224 valence electrons. The number of nitro groups is 1. The quantitative estimate of drug-likeness (QED) is 0.105. The first-order valence-corrected chi connectivity index (χ1v) is 14.2. The molecule has 10 heteroatoms. The lowest BCUT2D eigenvalue weighted by Gasteiger charge is -2.38. The summed E-state index contributed by atoms with van der Waals surface area (Å²) in [4.78, 5) is 29.5. The largest absolute Gasteiger partial charge is 0.443 e. The van der Waals surface area contributed by atoms with Crippen LogP contribution in [0.2, 0.25) is 0 Å². The molecule has 3 aromatic carbocycles. The van der Waals surface area contributed by atoms with E-state index in [0.717, 1.165) is 28.7 Å². The van der Waals surface area contributed by atoms with Crippen molar-refractivity contribution in [2.45, 2.75) is 38.5 Å². The number of hydrogen-bond donors (Lipinski definition) is 1. The fraction of sp³-hybridized carbons (Fsp3) is 0.206. The zero-order valence-electron chi connectivity index (χ0n) is 24.8. The molecule has 0 saturated heterocycles. The van der Waals surface area contributed by atoms with Crippen LogP contribution in [0.25, 0.3) is 0 Å². The molecular formula is C34H34N6O4. The summed E-state index contributed by atoms with van der Waals surface area (Å²) in [5, 5.41) is 19.6. The normalized spacial score (nSPS) is 11.5. The van der Waals surface area contributed by atoms with E-state index in [-0.39, 0.29) is 24.6 Å². The highest BCUT2D eigenvalue weighted by molar-refractivity contribution is 5.86. The highest BCUT2D eigenvalue weighted by Gasteiger charge is 2.37. The van der Waals surface area contributed by atoms with Gasteiger partial charge in [-0.25, -0.2) is 14.5 Å². The summed E-state index contributed by atoms with van der Waals surface area (Å²) >= 11 is 0. The Morgan fingerprint density at radius 2 is 1.41 bits per heavy atom. The lowest BCUT2D eigenvalue weighted by atomic mass is 9.77. The molecule has 0 bridgehead atoms. The number of ether oxygens (including phenoxy) is 1. The monoisotopic (exact) mass is 590 g/mol. The summed E-state index contributed by atoms with van der Waals surface area (Å²) in [6.45, 7) is 5.75. The second-order valence-electron chi connectivity index (χ2n) is 11.2. The van der Waals surface area contributed by atoms with Crippen LogP contribution in [-0.4, -0.2) is 37.9 Å². The second-order valence-corrected chi connectivity index (χ2v) is 11.2. The van der Waals surface area contributed by atoms with Gasteiger partial charge in [0.05, 0.1) is 24.2 Å². The number of rotatable bonds is 10. The molecule has 2 aromatic heterocycles. The van der Waals surface area contributed by atoms with Gasteiger partial charge in [-0.2, -0.15) is 5.10 Å². The minimum atomic E-state index is -0.771. The fourth-order valence-electron chi connectivity index (χ4n) is 5.05. The highest BCUT2D eigenvalue weighted by Crippen LogP contribution is 2.40. The number of amides is 1. The number of pyridine rings is 1. The van der Waals surface area contributed by atoms with Gasteiger partial charge >= 0.3 is 6.09 Å². The Morgan fingerprint density at radius 3 is 1.86 bits per heavy atom. The maximum absolute atomic E-state index is 13.3. The van der Waals surface area contributed by atoms with Crippen molar-refractivity contribution < 1.29 is 14.5 Å². The number of carbonyl (C=O) groups is 1. The van der Waals surface area contributed by atoms with Crippen LogP contribution in [0.3, 0.4) is 0 Å². The summed E-state index contributed by atoms with van der Waals surface area (Å²) < 4.78 is 7.44. The molecule has 44 heavy (non-hydrogen) atoms. The summed E-state index contributed by atoms with van der Waals surface area (Å²) in [5.41, 5.74) is 1.42. The third-order valence-corrected chi connectivity index (χ3v) is 7.02. The predicted molar refractivity (Wildman–Crippen MR) is 170 cm³/mol. The van der Waals surface area contributed by atoms with E-state index in [9.17, 15) is 14.9 Å². The van der Waals surface area contributed by atoms with Crippen LogP contribution in [0, 0.1) is 10.1 Å². The number of aromatic nitrogens is 3. The number of anilines is 2. The second kappa shape index (κ2) is 12.8. The molecule has 0 atom stereocenters. The van der Waals surface area contributed by atoms with E-state index in [0.29, 0.717) is 0 Å². The number of nitrogens with one attached hydrogen (secondary N) is 1. The van der Waals surface area contributed by atoms with Gasteiger partial charge in [-0.3, -0.25) is 15.0 Å².